The topological polar surface area (TPSA) is 128 Å². The SMILES string of the molecule is Cc1ccc(S(=O)(=O)Nc2ccc3c(c2)CC(=O)N([C@@H](C)CO)C[C@H](C)[C@H](CN(C)C(=O)Nc2ccccc2)O3)cc1. The zero-order valence-electron chi connectivity index (χ0n) is 24.3. The van der Waals surface area contributed by atoms with E-state index in [1.54, 1.807) is 61.3 Å². The van der Waals surface area contributed by atoms with E-state index >= 15 is 0 Å². The van der Waals surface area contributed by atoms with Gasteiger partial charge in [-0.2, -0.15) is 0 Å². The molecule has 0 spiro atoms. The van der Waals surface area contributed by atoms with Crippen molar-refractivity contribution < 1.29 is 27.9 Å². The smallest absolute Gasteiger partial charge is 0.321 e. The summed E-state index contributed by atoms with van der Waals surface area (Å²) in [4.78, 5) is 29.7. The number of fused-ring (bicyclic) bond motifs is 1. The van der Waals surface area contributed by atoms with Gasteiger partial charge in [-0.15, -0.1) is 0 Å². The molecule has 3 atom stereocenters. The van der Waals surface area contributed by atoms with Crippen molar-refractivity contribution in [3.8, 4) is 5.75 Å². The van der Waals surface area contributed by atoms with Crippen LogP contribution in [0.4, 0.5) is 16.2 Å². The van der Waals surface area contributed by atoms with Crippen LogP contribution in [0.5, 0.6) is 5.75 Å². The maximum absolute atomic E-state index is 13.5. The highest BCUT2D eigenvalue weighted by atomic mass is 32.2. The summed E-state index contributed by atoms with van der Waals surface area (Å²) in [6.45, 7) is 5.89. The molecule has 3 N–H and O–H groups in total. The van der Waals surface area contributed by atoms with Gasteiger partial charge in [0.1, 0.15) is 11.9 Å². The Labute approximate surface area is 247 Å². The molecule has 1 aliphatic rings. The van der Waals surface area contributed by atoms with Crippen molar-refractivity contribution in [1.82, 2.24) is 9.80 Å². The van der Waals surface area contributed by atoms with E-state index in [0.717, 1.165) is 5.56 Å². The third-order valence-electron chi connectivity index (χ3n) is 7.33. The molecule has 1 heterocycles. The van der Waals surface area contributed by atoms with Crippen molar-refractivity contribution in [1.29, 1.82) is 0 Å². The van der Waals surface area contributed by atoms with Crippen LogP contribution in [-0.2, 0) is 21.2 Å². The summed E-state index contributed by atoms with van der Waals surface area (Å²) in [5, 5.41) is 12.7. The number of hydrogen-bond donors (Lipinski definition) is 3. The Bertz CT molecular complexity index is 1500. The molecule has 10 nitrogen and oxygen atoms in total. The van der Waals surface area contributed by atoms with Crippen molar-refractivity contribution in [2.24, 2.45) is 5.92 Å². The van der Waals surface area contributed by atoms with Crippen LogP contribution in [0, 0.1) is 12.8 Å². The molecule has 0 aliphatic carbocycles. The van der Waals surface area contributed by atoms with Gasteiger partial charge in [0.25, 0.3) is 10.0 Å². The summed E-state index contributed by atoms with van der Waals surface area (Å²) in [5.74, 6) is -0.00272. The second-order valence-corrected chi connectivity index (χ2v) is 12.5. The molecule has 4 rings (SSSR count). The van der Waals surface area contributed by atoms with Crippen LogP contribution in [0.2, 0.25) is 0 Å². The predicted molar refractivity (Wildman–Crippen MR) is 162 cm³/mol. The average molecular weight is 595 g/mol. The van der Waals surface area contributed by atoms with E-state index in [2.05, 4.69) is 10.0 Å². The van der Waals surface area contributed by atoms with Crippen LogP contribution in [0.25, 0.3) is 0 Å². The molecule has 0 aromatic heterocycles. The molecular formula is C31H38N4O6S. The number of hydrogen-bond acceptors (Lipinski definition) is 6. The van der Waals surface area contributed by atoms with E-state index < -0.39 is 22.2 Å². The fourth-order valence-electron chi connectivity index (χ4n) is 4.74. The highest BCUT2D eigenvalue weighted by Crippen LogP contribution is 2.30. The lowest BCUT2D eigenvalue weighted by atomic mass is 10.0. The van der Waals surface area contributed by atoms with Crippen LogP contribution < -0.4 is 14.8 Å². The normalized spacial score (nSPS) is 18.0. The van der Waals surface area contributed by atoms with Crippen LogP contribution in [-0.4, -0.2) is 74.2 Å². The Kier molecular flexibility index (Phi) is 9.74. The van der Waals surface area contributed by atoms with Crippen LogP contribution in [0.1, 0.15) is 25.0 Å². The first-order valence-corrected chi connectivity index (χ1v) is 15.3. The fraction of sp³-hybridized carbons (Fsp3) is 0.355. The van der Waals surface area contributed by atoms with E-state index in [1.165, 1.54) is 17.0 Å². The lowest BCUT2D eigenvalue weighted by molar-refractivity contribution is -0.134. The molecule has 0 bridgehead atoms. The number of benzene rings is 3. The highest BCUT2D eigenvalue weighted by molar-refractivity contribution is 7.92. The van der Waals surface area contributed by atoms with E-state index in [-0.39, 0.29) is 48.0 Å². The van der Waals surface area contributed by atoms with Crippen molar-refractivity contribution in [2.75, 3.05) is 36.8 Å². The van der Waals surface area contributed by atoms with Gasteiger partial charge in [-0.05, 0) is 56.3 Å². The number of aliphatic hydroxyl groups excluding tert-OH is 1. The van der Waals surface area contributed by atoms with Crippen molar-refractivity contribution in [2.45, 2.75) is 44.2 Å². The van der Waals surface area contributed by atoms with Gasteiger partial charge >= 0.3 is 6.03 Å². The van der Waals surface area contributed by atoms with E-state index in [0.29, 0.717) is 23.5 Å². The van der Waals surface area contributed by atoms with Gasteiger partial charge in [0.05, 0.1) is 30.5 Å². The maximum Gasteiger partial charge on any atom is 0.321 e. The minimum absolute atomic E-state index is 0.0520. The number of nitrogens with one attached hydrogen (secondary N) is 2. The fourth-order valence-corrected chi connectivity index (χ4v) is 5.79. The first-order chi connectivity index (χ1) is 20.0. The van der Waals surface area contributed by atoms with Crippen molar-refractivity contribution in [3.05, 3.63) is 83.9 Å². The molecule has 0 saturated carbocycles. The first kappa shape index (κ1) is 30.9. The second-order valence-electron chi connectivity index (χ2n) is 10.8. The number of amides is 3. The van der Waals surface area contributed by atoms with E-state index in [9.17, 15) is 23.1 Å². The van der Waals surface area contributed by atoms with Gasteiger partial charge in [-0.25, -0.2) is 13.2 Å². The summed E-state index contributed by atoms with van der Waals surface area (Å²) in [7, 11) is -2.19. The summed E-state index contributed by atoms with van der Waals surface area (Å²) >= 11 is 0. The number of para-hydroxylation sites is 1. The van der Waals surface area contributed by atoms with Gasteiger partial charge in [0, 0.05) is 36.4 Å². The number of anilines is 2. The summed E-state index contributed by atoms with van der Waals surface area (Å²) in [5.41, 5.74) is 2.39. The molecular weight excluding hydrogens is 556 g/mol. The molecule has 0 fully saturated rings. The largest absolute Gasteiger partial charge is 0.488 e. The molecule has 224 valence electrons. The highest BCUT2D eigenvalue weighted by Gasteiger charge is 2.32. The molecule has 0 unspecified atom stereocenters. The number of aryl methyl sites for hydroxylation is 1. The van der Waals surface area contributed by atoms with E-state index in [1.807, 2.05) is 32.0 Å². The summed E-state index contributed by atoms with van der Waals surface area (Å²) in [6, 6.07) is 19.7. The second kappa shape index (κ2) is 13.3. The average Bonchev–Trinajstić information content (AvgIpc) is 3.00. The Morgan fingerprint density at radius 1 is 1.10 bits per heavy atom. The summed E-state index contributed by atoms with van der Waals surface area (Å²) < 4.78 is 35.1. The number of urea groups is 1. The van der Waals surface area contributed by atoms with Gasteiger partial charge in [0.2, 0.25) is 5.91 Å². The predicted octanol–water partition coefficient (Wildman–Crippen LogP) is 4.11. The summed E-state index contributed by atoms with van der Waals surface area (Å²) in [6.07, 6.45) is -0.562. The van der Waals surface area contributed by atoms with Crippen LogP contribution >= 0.6 is 0 Å². The van der Waals surface area contributed by atoms with E-state index in [4.69, 9.17) is 4.74 Å². The number of likely N-dealkylation sites (N-methyl/N-ethyl adjacent to an activating group) is 1. The molecule has 3 aromatic carbocycles. The number of aliphatic hydroxyl groups is 1. The number of carbonyl (C=O) groups excluding carboxylic acids is 2. The molecule has 42 heavy (non-hydrogen) atoms. The lowest BCUT2D eigenvalue weighted by Crippen LogP contribution is -2.48. The zero-order valence-corrected chi connectivity index (χ0v) is 25.1. The molecule has 1 aliphatic heterocycles. The van der Waals surface area contributed by atoms with Gasteiger partial charge in [-0.1, -0.05) is 42.8 Å². The van der Waals surface area contributed by atoms with Crippen molar-refractivity contribution >= 4 is 33.3 Å². The molecule has 0 radical (unpaired) electrons. The quantitative estimate of drug-likeness (QED) is 0.360. The van der Waals surface area contributed by atoms with Gasteiger partial charge < -0.3 is 25.0 Å². The Morgan fingerprint density at radius 3 is 2.45 bits per heavy atom. The molecule has 11 heteroatoms. The monoisotopic (exact) mass is 594 g/mol. The number of sulfonamides is 1. The van der Waals surface area contributed by atoms with Crippen molar-refractivity contribution in [3.63, 3.8) is 0 Å². The van der Waals surface area contributed by atoms with Gasteiger partial charge in [0.15, 0.2) is 0 Å². The molecule has 3 amide bonds. The molecule has 3 aromatic rings. The number of carbonyl (C=O) groups is 2. The minimum Gasteiger partial charge on any atom is -0.488 e. The number of nitrogens with zero attached hydrogens (tertiary/aromatic N) is 2. The zero-order chi connectivity index (χ0) is 30.4. The number of ether oxygens (including phenoxy) is 1. The number of rotatable bonds is 8. The third kappa shape index (κ3) is 7.59. The minimum atomic E-state index is -3.86. The lowest BCUT2D eigenvalue weighted by Gasteiger charge is -2.34. The standard InChI is InChI=1S/C31H38N4O6S/c1-21-10-13-27(14-11-21)42(39,40)33-26-12-15-28-24(16-26)17-30(37)35(23(3)20-36)18-22(2)29(41-28)19-34(4)31(38)32-25-8-6-5-7-9-25/h5-16,22-23,29,33,36H,17-20H2,1-4H3,(H,32,38)/t22-,23-,29-/m0/s1. The Morgan fingerprint density at radius 2 is 1.79 bits per heavy atom. The maximum atomic E-state index is 13.5. The molecule has 0 saturated heterocycles. The third-order valence-corrected chi connectivity index (χ3v) is 8.72. The Hall–Kier alpha value is -4.09. The van der Waals surface area contributed by atoms with Crippen LogP contribution in [0.3, 0.4) is 0 Å². The first-order valence-electron chi connectivity index (χ1n) is 13.8. The van der Waals surface area contributed by atoms with Gasteiger partial charge in [-0.3, -0.25) is 9.52 Å². The van der Waals surface area contributed by atoms with Crippen LogP contribution in [0.15, 0.2) is 77.7 Å². The Balaban J connectivity index is 1.62.